The predicted octanol–water partition coefficient (Wildman–Crippen LogP) is 7.07. The Morgan fingerprint density at radius 3 is 1.73 bits per heavy atom. The molecule has 0 fully saturated rings. The lowest BCUT2D eigenvalue weighted by Gasteiger charge is -2.27. The van der Waals surface area contributed by atoms with E-state index in [1.165, 1.54) is 34.6 Å². The highest BCUT2D eigenvalue weighted by atomic mass is 79.9. The number of hydrogen-bond donors (Lipinski definition) is 1. The molecule has 3 aromatic rings. The molecule has 1 heterocycles. The van der Waals surface area contributed by atoms with Crippen molar-refractivity contribution in [3.63, 3.8) is 0 Å². The van der Waals surface area contributed by atoms with E-state index < -0.39 is 6.10 Å². The second-order valence-electron chi connectivity index (χ2n) is 9.25. The fraction of sp³-hybridized carbons (Fsp3) is 0.520. The summed E-state index contributed by atoms with van der Waals surface area (Å²) in [6.07, 6.45) is 1.93. The van der Waals surface area contributed by atoms with Crippen LogP contribution in [0.4, 0.5) is 0 Å². The topological polar surface area (TPSA) is 28.4 Å². The van der Waals surface area contributed by atoms with E-state index in [1.807, 2.05) is 0 Å². The molecular formula is C25H34Br2N2O. The second kappa shape index (κ2) is 10.6. The summed E-state index contributed by atoms with van der Waals surface area (Å²) in [6.45, 7) is 12.5. The quantitative estimate of drug-likeness (QED) is 0.299. The third-order valence-corrected chi connectivity index (χ3v) is 6.68. The van der Waals surface area contributed by atoms with E-state index in [4.69, 9.17) is 0 Å². The van der Waals surface area contributed by atoms with Crippen LogP contribution in [0, 0.1) is 11.8 Å². The average Bonchev–Trinajstić information content (AvgIpc) is 2.96. The van der Waals surface area contributed by atoms with Gasteiger partial charge in [-0.25, -0.2) is 0 Å². The Morgan fingerprint density at radius 1 is 0.833 bits per heavy atom. The van der Waals surface area contributed by atoms with Crippen LogP contribution in [0.2, 0.25) is 0 Å². The molecule has 1 aromatic heterocycles. The summed E-state index contributed by atoms with van der Waals surface area (Å²) in [4.78, 5) is 2.45. The lowest BCUT2D eigenvalue weighted by atomic mass is 10.1. The van der Waals surface area contributed by atoms with Crippen LogP contribution in [0.1, 0.15) is 40.5 Å². The largest absolute Gasteiger partial charge is 0.390 e. The molecule has 0 unspecified atom stereocenters. The SMILES string of the molecule is CC(C)CCN(CCC(C)C)C[C@H](O)Cn1c2ccc(Br)cc2c2cc(Br)ccc21. The van der Waals surface area contributed by atoms with Crippen LogP contribution in [0.15, 0.2) is 45.3 Å². The molecule has 3 rings (SSSR count). The molecule has 0 saturated heterocycles. The summed E-state index contributed by atoms with van der Waals surface area (Å²) in [5, 5.41) is 13.5. The predicted molar refractivity (Wildman–Crippen MR) is 136 cm³/mol. The third-order valence-electron chi connectivity index (χ3n) is 5.70. The van der Waals surface area contributed by atoms with Crippen LogP contribution in [0.5, 0.6) is 0 Å². The van der Waals surface area contributed by atoms with E-state index >= 15 is 0 Å². The maximum Gasteiger partial charge on any atom is 0.0845 e. The molecule has 0 radical (unpaired) electrons. The minimum atomic E-state index is -0.407. The molecule has 3 nitrogen and oxygen atoms in total. The highest BCUT2D eigenvalue weighted by Crippen LogP contribution is 2.33. The van der Waals surface area contributed by atoms with Gasteiger partial charge >= 0.3 is 0 Å². The molecule has 1 N–H and O–H groups in total. The number of nitrogens with zero attached hydrogens (tertiary/aromatic N) is 2. The first-order chi connectivity index (χ1) is 14.2. The van der Waals surface area contributed by atoms with Gasteiger partial charge in [0.2, 0.25) is 0 Å². The Bertz CT molecular complexity index is 909. The zero-order chi connectivity index (χ0) is 21.8. The van der Waals surface area contributed by atoms with E-state index in [2.05, 4.69) is 105 Å². The van der Waals surface area contributed by atoms with Crippen LogP contribution in [-0.2, 0) is 6.54 Å². The summed E-state index contributed by atoms with van der Waals surface area (Å²) < 4.78 is 4.42. The van der Waals surface area contributed by atoms with Gasteiger partial charge in [-0.05, 0) is 74.2 Å². The zero-order valence-corrected chi connectivity index (χ0v) is 21.7. The normalized spacial score (nSPS) is 13.4. The zero-order valence-electron chi connectivity index (χ0n) is 18.5. The standard InChI is InChI=1S/C25H34Br2N2O/c1-17(2)9-11-28(12-10-18(3)4)15-21(30)16-29-24-7-5-19(26)13-22(24)23-14-20(27)6-8-25(23)29/h5-8,13-14,17-18,21,30H,9-12,15-16H2,1-4H3/t21-/m0/s1. The van der Waals surface area contributed by atoms with Gasteiger partial charge in [-0.15, -0.1) is 0 Å². The summed E-state index contributed by atoms with van der Waals surface area (Å²) in [5.41, 5.74) is 2.34. The minimum absolute atomic E-state index is 0.407. The average molecular weight is 538 g/mol. The van der Waals surface area contributed by atoms with Gasteiger partial charge in [0.15, 0.2) is 0 Å². The fourth-order valence-corrected chi connectivity index (χ4v) is 4.71. The first-order valence-electron chi connectivity index (χ1n) is 11.0. The Morgan fingerprint density at radius 2 is 1.30 bits per heavy atom. The molecule has 0 amide bonds. The van der Waals surface area contributed by atoms with Crippen molar-refractivity contribution in [2.45, 2.75) is 53.2 Å². The first kappa shape index (κ1) is 23.8. The Hall–Kier alpha value is -0.880. The minimum Gasteiger partial charge on any atom is -0.390 e. The molecule has 0 spiro atoms. The van der Waals surface area contributed by atoms with E-state index in [-0.39, 0.29) is 0 Å². The van der Waals surface area contributed by atoms with Gasteiger partial charge in [-0.2, -0.15) is 0 Å². The van der Waals surface area contributed by atoms with Crippen molar-refractivity contribution >= 4 is 53.7 Å². The highest BCUT2D eigenvalue weighted by molar-refractivity contribution is 9.10. The molecule has 0 aliphatic carbocycles. The first-order valence-corrected chi connectivity index (χ1v) is 12.6. The van der Waals surface area contributed by atoms with Gasteiger partial charge in [0.1, 0.15) is 0 Å². The van der Waals surface area contributed by atoms with Crippen LogP contribution in [-0.4, -0.2) is 40.3 Å². The van der Waals surface area contributed by atoms with Gasteiger partial charge in [0.25, 0.3) is 0 Å². The van der Waals surface area contributed by atoms with Gasteiger partial charge in [-0.3, -0.25) is 0 Å². The maximum absolute atomic E-state index is 11.1. The third kappa shape index (κ3) is 6.09. The molecule has 5 heteroatoms. The number of aliphatic hydroxyl groups excluding tert-OH is 1. The monoisotopic (exact) mass is 536 g/mol. The number of benzene rings is 2. The van der Waals surface area contributed by atoms with Crippen molar-refractivity contribution in [3.8, 4) is 0 Å². The fourth-order valence-electron chi connectivity index (χ4n) is 3.99. The van der Waals surface area contributed by atoms with Gasteiger partial charge in [0.05, 0.1) is 12.6 Å². The van der Waals surface area contributed by atoms with Crippen molar-refractivity contribution in [1.29, 1.82) is 0 Å². The second-order valence-corrected chi connectivity index (χ2v) is 11.1. The maximum atomic E-state index is 11.1. The van der Waals surface area contributed by atoms with Crippen molar-refractivity contribution in [2.24, 2.45) is 11.8 Å². The smallest absolute Gasteiger partial charge is 0.0845 e. The molecule has 0 saturated carbocycles. The van der Waals surface area contributed by atoms with Gasteiger partial charge in [0, 0.05) is 37.3 Å². The van der Waals surface area contributed by atoms with E-state index in [9.17, 15) is 5.11 Å². The highest BCUT2D eigenvalue weighted by Gasteiger charge is 2.17. The molecule has 164 valence electrons. The number of halogens is 2. The number of aromatic nitrogens is 1. The molecule has 0 bridgehead atoms. The lowest BCUT2D eigenvalue weighted by Crippen LogP contribution is -2.37. The van der Waals surface area contributed by atoms with Crippen LogP contribution >= 0.6 is 31.9 Å². The Kier molecular flexibility index (Phi) is 8.42. The van der Waals surface area contributed by atoms with E-state index in [1.54, 1.807) is 0 Å². The summed E-state index contributed by atoms with van der Waals surface area (Å²) in [7, 11) is 0. The summed E-state index contributed by atoms with van der Waals surface area (Å²) in [6, 6.07) is 12.8. The number of aliphatic hydroxyl groups is 1. The van der Waals surface area contributed by atoms with Crippen molar-refractivity contribution in [1.82, 2.24) is 9.47 Å². The summed E-state index contributed by atoms with van der Waals surface area (Å²) in [5.74, 6) is 1.36. The van der Waals surface area contributed by atoms with Crippen molar-refractivity contribution in [3.05, 3.63) is 45.3 Å². The van der Waals surface area contributed by atoms with E-state index in [0.717, 1.165) is 22.0 Å². The van der Waals surface area contributed by atoms with Crippen LogP contribution in [0.25, 0.3) is 21.8 Å². The molecular weight excluding hydrogens is 504 g/mol. The van der Waals surface area contributed by atoms with Crippen LogP contribution in [0.3, 0.4) is 0 Å². The molecule has 0 aliphatic rings. The number of fused-ring (bicyclic) bond motifs is 3. The number of rotatable bonds is 10. The van der Waals surface area contributed by atoms with Gasteiger partial charge < -0.3 is 14.6 Å². The Balaban J connectivity index is 1.84. The molecule has 30 heavy (non-hydrogen) atoms. The van der Waals surface area contributed by atoms with Crippen molar-refractivity contribution < 1.29 is 5.11 Å². The summed E-state index contributed by atoms with van der Waals surface area (Å²) >= 11 is 7.22. The van der Waals surface area contributed by atoms with E-state index in [0.29, 0.717) is 24.9 Å². The molecule has 0 aliphatic heterocycles. The van der Waals surface area contributed by atoms with Crippen LogP contribution < -0.4 is 0 Å². The lowest BCUT2D eigenvalue weighted by molar-refractivity contribution is 0.0947. The molecule has 1 atom stereocenters. The van der Waals surface area contributed by atoms with Gasteiger partial charge in [-0.1, -0.05) is 59.6 Å². The molecule has 2 aromatic carbocycles. The van der Waals surface area contributed by atoms with Crippen molar-refractivity contribution in [2.75, 3.05) is 19.6 Å². The number of hydrogen-bond acceptors (Lipinski definition) is 2. The Labute approximate surface area is 197 Å².